The molecule has 2 N–H and O–H groups in total. The number of halogens is 2. The van der Waals surface area contributed by atoms with Crippen molar-refractivity contribution in [2.45, 2.75) is 6.92 Å². The van der Waals surface area contributed by atoms with Gasteiger partial charge in [0.05, 0.1) is 23.7 Å². The van der Waals surface area contributed by atoms with Crippen LogP contribution in [0.4, 0.5) is 10.5 Å². The van der Waals surface area contributed by atoms with E-state index in [0.717, 1.165) is 5.69 Å². The number of carbonyl (C=O) groups excluding carboxylic acids is 1. The maximum absolute atomic E-state index is 11.8. The molecule has 2 rings (SSSR count). The summed E-state index contributed by atoms with van der Waals surface area (Å²) in [5, 5.41) is 6.06. The molecular weight excluding hydrogens is 355 g/mol. The highest BCUT2D eigenvalue weighted by Gasteiger charge is 2.06. The van der Waals surface area contributed by atoms with E-state index in [4.69, 9.17) is 32.7 Å². The van der Waals surface area contributed by atoms with Crippen LogP contribution in [0.3, 0.4) is 0 Å². The lowest BCUT2D eigenvalue weighted by Crippen LogP contribution is -2.32. The summed E-state index contributed by atoms with van der Waals surface area (Å²) in [6.45, 7) is 2.29. The van der Waals surface area contributed by atoms with Gasteiger partial charge in [0.15, 0.2) is 0 Å². The minimum atomic E-state index is -0.389. The molecule has 1 heterocycles. The molecule has 0 aliphatic rings. The zero-order valence-corrected chi connectivity index (χ0v) is 14.6. The molecule has 128 valence electrons. The first-order chi connectivity index (χ1) is 11.5. The SMILES string of the molecule is COc1cc(C)nc(OCCNC(=O)Nc2ccc(Cl)c(Cl)c2)n1. The van der Waals surface area contributed by atoms with Gasteiger partial charge in [-0.3, -0.25) is 0 Å². The number of benzene rings is 1. The lowest BCUT2D eigenvalue weighted by Gasteiger charge is -2.09. The maximum atomic E-state index is 11.8. The molecule has 2 amide bonds. The Balaban J connectivity index is 1.76. The van der Waals surface area contributed by atoms with Gasteiger partial charge in [-0.2, -0.15) is 4.98 Å². The van der Waals surface area contributed by atoms with Crippen LogP contribution in [0, 0.1) is 6.92 Å². The first-order valence-corrected chi connectivity index (χ1v) is 7.76. The summed E-state index contributed by atoms with van der Waals surface area (Å²) >= 11 is 11.7. The minimum Gasteiger partial charge on any atom is -0.481 e. The van der Waals surface area contributed by atoms with Crippen LogP contribution in [0.5, 0.6) is 11.9 Å². The van der Waals surface area contributed by atoms with Gasteiger partial charge in [0, 0.05) is 17.4 Å². The molecular formula is C15H16Cl2N4O3. The number of ether oxygens (including phenoxy) is 2. The van der Waals surface area contributed by atoms with E-state index in [0.29, 0.717) is 21.6 Å². The number of amides is 2. The maximum Gasteiger partial charge on any atom is 0.319 e. The normalized spacial score (nSPS) is 10.2. The van der Waals surface area contributed by atoms with Crippen LogP contribution < -0.4 is 20.1 Å². The second kappa shape index (κ2) is 8.56. The van der Waals surface area contributed by atoms with Crippen LogP contribution in [0.15, 0.2) is 24.3 Å². The Bertz CT molecular complexity index is 728. The van der Waals surface area contributed by atoms with Crippen molar-refractivity contribution in [1.29, 1.82) is 0 Å². The van der Waals surface area contributed by atoms with Crippen molar-refractivity contribution in [3.8, 4) is 11.9 Å². The third-order valence-corrected chi connectivity index (χ3v) is 3.55. The molecule has 0 fully saturated rings. The minimum absolute atomic E-state index is 0.193. The van der Waals surface area contributed by atoms with Crippen molar-refractivity contribution in [2.24, 2.45) is 0 Å². The molecule has 7 nitrogen and oxygen atoms in total. The summed E-state index contributed by atoms with van der Waals surface area (Å²) in [4.78, 5) is 19.9. The van der Waals surface area contributed by atoms with Gasteiger partial charge < -0.3 is 20.1 Å². The Morgan fingerprint density at radius 1 is 1.21 bits per heavy atom. The molecule has 0 unspecified atom stereocenters. The highest BCUT2D eigenvalue weighted by atomic mass is 35.5. The van der Waals surface area contributed by atoms with Crippen molar-refractivity contribution in [3.05, 3.63) is 40.0 Å². The fourth-order valence-electron chi connectivity index (χ4n) is 1.74. The second-order valence-electron chi connectivity index (χ2n) is 4.69. The molecule has 2 aromatic rings. The van der Waals surface area contributed by atoms with Crippen molar-refractivity contribution in [2.75, 3.05) is 25.6 Å². The van der Waals surface area contributed by atoms with Crippen LogP contribution in [0.2, 0.25) is 10.0 Å². The van der Waals surface area contributed by atoms with E-state index in [1.165, 1.54) is 7.11 Å². The van der Waals surface area contributed by atoms with Gasteiger partial charge in [0.2, 0.25) is 5.88 Å². The van der Waals surface area contributed by atoms with Gasteiger partial charge in [-0.05, 0) is 25.1 Å². The Hall–Kier alpha value is -2.25. The smallest absolute Gasteiger partial charge is 0.319 e. The third-order valence-electron chi connectivity index (χ3n) is 2.82. The molecule has 24 heavy (non-hydrogen) atoms. The van der Waals surface area contributed by atoms with Crippen LogP contribution in [-0.4, -0.2) is 36.3 Å². The Morgan fingerprint density at radius 3 is 2.71 bits per heavy atom. The number of aryl methyl sites for hydroxylation is 1. The molecule has 9 heteroatoms. The lowest BCUT2D eigenvalue weighted by atomic mass is 10.3. The van der Waals surface area contributed by atoms with Crippen molar-refractivity contribution < 1.29 is 14.3 Å². The number of aromatic nitrogens is 2. The summed E-state index contributed by atoms with van der Waals surface area (Å²) < 4.78 is 10.4. The predicted molar refractivity (Wildman–Crippen MR) is 92.3 cm³/mol. The first-order valence-electron chi connectivity index (χ1n) is 7.00. The molecule has 0 saturated heterocycles. The Kier molecular flexibility index (Phi) is 6.45. The standard InChI is InChI=1S/C15H16Cl2N4O3/c1-9-7-13(23-2)21-15(19-9)24-6-5-18-14(22)20-10-3-4-11(16)12(17)8-10/h3-4,7-8H,5-6H2,1-2H3,(H2,18,20,22). The number of urea groups is 1. The lowest BCUT2D eigenvalue weighted by molar-refractivity contribution is 0.244. The van der Waals surface area contributed by atoms with Gasteiger partial charge in [-0.15, -0.1) is 0 Å². The molecule has 0 saturated carbocycles. The number of hydrogen-bond acceptors (Lipinski definition) is 5. The van der Waals surface area contributed by atoms with E-state index in [1.807, 2.05) is 0 Å². The fourth-order valence-corrected chi connectivity index (χ4v) is 2.04. The number of anilines is 1. The predicted octanol–water partition coefficient (Wildman–Crippen LogP) is 3.30. The van der Waals surface area contributed by atoms with Crippen LogP contribution in [0.1, 0.15) is 5.69 Å². The average Bonchev–Trinajstić information content (AvgIpc) is 2.54. The summed E-state index contributed by atoms with van der Waals surface area (Å²) in [6, 6.07) is 6.31. The number of methoxy groups -OCH3 is 1. The van der Waals surface area contributed by atoms with E-state index in [9.17, 15) is 4.79 Å². The number of rotatable bonds is 6. The highest BCUT2D eigenvalue weighted by Crippen LogP contribution is 2.24. The summed E-state index contributed by atoms with van der Waals surface area (Å²) in [6.07, 6.45) is 0. The van der Waals surface area contributed by atoms with Crippen molar-refractivity contribution in [3.63, 3.8) is 0 Å². The number of nitrogens with zero attached hydrogens (tertiary/aromatic N) is 2. The molecule has 0 aliphatic carbocycles. The van der Waals surface area contributed by atoms with Gasteiger partial charge >= 0.3 is 12.0 Å². The second-order valence-corrected chi connectivity index (χ2v) is 5.51. The van der Waals surface area contributed by atoms with E-state index in [2.05, 4.69) is 20.6 Å². The van der Waals surface area contributed by atoms with Crippen LogP contribution in [0.25, 0.3) is 0 Å². The Labute approximate surface area is 149 Å². The molecule has 0 bridgehead atoms. The zero-order chi connectivity index (χ0) is 17.5. The summed E-state index contributed by atoms with van der Waals surface area (Å²) in [7, 11) is 1.51. The zero-order valence-electron chi connectivity index (χ0n) is 13.1. The number of carbonyl (C=O) groups is 1. The molecule has 0 radical (unpaired) electrons. The topological polar surface area (TPSA) is 85.4 Å². The molecule has 1 aromatic heterocycles. The monoisotopic (exact) mass is 370 g/mol. The first kappa shape index (κ1) is 18.1. The van der Waals surface area contributed by atoms with Gasteiger partial charge in [-0.1, -0.05) is 23.2 Å². The van der Waals surface area contributed by atoms with Crippen molar-refractivity contribution in [1.82, 2.24) is 15.3 Å². The fraction of sp³-hybridized carbons (Fsp3) is 0.267. The van der Waals surface area contributed by atoms with E-state index >= 15 is 0 Å². The van der Waals surface area contributed by atoms with Crippen molar-refractivity contribution >= 4 is 34.9 Å². The van der Waals surface area contributed by atoms with Gasteiger partial charge in [0.1, 0.15) is 6.61 Å². The molecule has 1 aromatic carbocycles. The molecule has 0 atom stereocenters. The Morgan fingerprint density at radius 2 is 2.00 bits per heavy atom. The van der Waals surface area contributed by atoms with Crippen LogP contribution in [-0.2, 0) is 0 Å². The summed E-state index contributed by atoms with van der Waals surface area (Å²) in [5.74, 6) is 0.419. The quantitative estimate of drug-likeness (QED) is 0.761. The van der Waals surface area contributed by atoms with E-state index in [1.54, 1.807) is 31.2 Å². The molecule has 0 aliphatic heterocycles. The van der Waals surface area contributed by atoms with E-state index < -0.39 is 0 Å². The average molecular weight is 371 g/mol. The van der Waals surface area contributed by atoms with Gasteiger partial charge in [-0.25, -0.2) is 9.78 Å². The van der Waals surface area contributed by atoms with E-state index in [-0.39, 0.29) is 25.2 Å². The number of hydrogen-bond donors (Lipinski definition) is 2. The van der Waals surface area contributed by atoms with Gasteiger partial charge in [0.25, 0.3) is 0 Å². The third kappa shape index (κ3) is 5.43. The highest BCUT2D eigenvalue weighted by molar-refractivity contribution is 6.42. The van der Waals surface area contributed by atoms with Crippen LogP contribution >= 0.6 is 23.2 Å². The largest absolute Gasteiger partial charge is 0.481 e. The molecule has 0 spiro atoms. The number of nitrogens with one attached hydrogen (secondary N) is 2. The summed E-state index contributed by atoms with van der Waals surface area (Å²) in [5.41, 5.74) is 1.26.